The van der Waals surface area contributed by atoms with E-state index < -0.39 is 0 Å². The van der Waals surface area contributed by atoms with Crippen molar-refractivity contribution in [2.24, 2.45) is 0 Å². The molecule has 1 amide bonds. The second-order valence-corrected chi connectivity index (χ2v) is 4.81. The number of nitrogens with zero attached hydrogens (tertiary/aromatic N) is 1. The molecule has 0 fully saturated rings. The van der Waals surface area contributed by atoms with Gasteiger partial charge in [-0.1, -0.05) is 5.16 Å². The number of fused-ring (bicyclic) bond motifs is 2. The Labute approximate surface area is 114 Å². The molecule has 0 bridgehead atoms. The molecule has 1 aliphatic heterocycles. The minimum atomic E-state index is -0.242. The molecular weight excluding hydrogens is 260 g/mol. The number of carbonyl (C=O) groups is 1. The van der Waals surface area contributed by atoms with E-state index in [4.69, 9.17) is 14.0 Å². The van der Waals surface area contributed by atoms with Gasteiger partial charge in [0.2, 0.25) is 12.7 Å². The van der Waals surface area contributed by atoms with Gasteiger partial charge in [0.1, 0.15) is 0 Å². The predicted octanol–water partition coefficient (Wildman–Crippen LogP) is 2.14. The first-order valence-electron chi connectivity index (χ1n) is 6.50. The van der Waals surface area contributed by atoms with Crippen LogP contribution in [0.25, 0.3) is 0 Å². The van der Waals surface area contributed by atoms with Crippen molar-refractivity contribution in [2.45, 2.75) is 19.3 Å². The van der Waals surface area contributed by atoms with E-state index in [1.165, 1.54) is 0 Å². The summed E-state index contributed by atoms with van der Waals surface area (Å²) in [6.07, 6.45) is 2.87. The highest BCUT2D eigenvalue weighted by atomic mass is 16.7. The summed E-state index contributed by atoms with van der Waals surface area (Å²) in [5.41, 5.74) is 2.46. The van der Waals surface area contributed by atoms with Crippen LogP contribution in [-0.4, -0.2) is 17.9 Å². The molecule has 0 saturated heterocycles. The average Bonchev–Trinajstić information content (AvgIpc) is 3.14. The van der Waals surface area contributed by atoms with Crippen molar-refractivity contribution in [1.82, 2.24) is 5.16 Å². The molecular formula is C14H12N2O4. The third-order valence-corrected chi connectivity index (χ3v) is 3.57. The number of anilines is 1. The standard InChI is InChI=1S/C14H12N2O4/c17-13(8-4-5-11-12(6-8)19-7-18-11)15-14-9-2-1-3-10(9)16-20-14/h4-6H,1-3,7H2,(H,15,17). The van der Waals surface area contributed by atoms with Crippen LogP contribution in [0.5, 0.6) is 11.5 Å². The van der Waals surface area contributed by atoms with E-state index in [9.17, 15) is 4.79 Å². The van der Waals surface area contributed by atoms with Gasteiger partial charge in [-0.25, -0.2) is 0 Å². The van der Waals surface area contributed by atoms with Crippen LogP contribution >= 0.6 is 0 Å². The Morgan fingerprint density at radius 1 is 1.20 bits per heavy atom. The van der Waals surface area contributed by atoms with Gasteiger partial charge in [0.05, 0.1) is 5.69 Å². The fraction of sp³-hybridized carbons (Fsp3) is 0.286. The van der Waals surface area contributed by atoms with Crippen LogP contribution in [-0.2, 0) is 12.8 Å². The Balaban J connectivity index is 1.58. The lowest BCUT2D eigenvalue weighted by Gasteiger charge is -2.04. The first-order valence-corrected chi connectivity index (χ1v) is 6.50. The zero-order valence-electron chi connectivity index (χ0n) is 10.6. The molecule has 6 heteroatoms. The Morgan fingerprint density at radius 2 is 2.10 bits per heavy atom. The van der Waals surface area contributed by atoms with Gasteiger partial charge in [0, 0.05) is 11.1 Å². The maximum absolute atomic E-state index is 12.2. The van der Waals surface area contributed by atoms with E-state index in [-0.39, 0.29) is 12.7 Å². The summed E-state index contributed by atoms with van der Waals surface area (Å²) in [5, 5.41) is 6.73. The summed E-state index contributed by atoms with van der Waals surface area (Å²) in [6.45, 7) is 0.190. The Bertz CT molecular complexity index is 692. The molecule has 6 nitrogen and oxygen atoms in total. The molecule has 102 valence electrons. The molecule has 20 heavy (non-hydrogen) atoms. The quantitative estimate of drug-likeness (QED) is 0.906. The monoisotopic (exact) mass is 272 g/mol. The fourth-order valence-corrected chi connectivity index (χ4v) is 2.54. The van der Waals surface area contributed by atoms with E-state index in [0.717, 1.165) is 30.5 Å². The van der Waals surface area contributed by atoms with Crippen molar-refractivity contribution < 1.29 is 18.8 Å². The van der Waals surface area contributed by atoms with E-state index >= 15 is 0 Å². The van der Waals surface area contributed by atoms with Crippen molar-refractivity contribution >= 4 is 11.8 Å². The van der Waals surface area contributed by atoms with Gasteiger partial charge in [-0.05, 0) is 37.5 Å². The van der Waals surface area contributed by atoms with Gasteiger partial charge in [0.15, 0.2) is 11.5 Å². The average molecular weight is 272 g/mol. The van der Waals surface area contributed by atoms with Gasteiger partial charge in [0.25, 0.3) is 5.91 Å². The van der Waals surface area contributed by atoms with Crippen LogP contribution in [0, 0.1) is 0 Å². The topological polar surface area (TPSA) is 73.6 Å². The van der Waals surface area contributed by atoms with Crippen molar-refractivity contribution in [3.05, 3.63) is 35.0 Å². The second kappa shape index (κ2) is 4.26. The van der Waals surface area contributed by atoms with Crippen LogP contribution in [0.4, 0.5) is 5.88 Å². The first kappa shape index (κ1) is 11.3. The molecule has 1 aromatic carbocycles. The van der Waals surface area contributed by atoms with Crippen LogP contribution in [0.15, 0.2) is 22.7 Å². The maximum atomic E-state index is 12.2. The van der Waals surface area contributed by atoms with Crippen molar-refractivity contribution in [3.63, 3.8) is 0 Å². The second-order valence-electron chi connectivity index (χ2n) is 4.81. The Hall–Kier alpha value is -2.50. The molecule has 0 unspecified atom stereocenters. The molecule has 1 aromatic heterocycles. The van der Waals surface area contributed by atoms with Gasteiger partial charge < -0.3 is 14.0 Å². The molecule has 2 aromatic rings. The summed E-state index contributed by atoms with van der Waals surface area (Å²) in [6, 6.07) is 5.08. The Morgan fingerprint density at radius 3 is 3.05 bits per heavy atom. The number of hydrogen-bond donors (Lipinski definition) is 1. The minimum absolute atomic E-state index is 0.190. The number of hydrogen-bond acceptors (Lipinski definition) is 5. The minimum Gasteiger partial charge on any atom is -0.454 e. The van der Waals surface area contributed by atoms with Crippen molar-refractivity contribution in [2.75, 3.05) is 12.1 Å². The van der Waals surface area contributed by atoms with Crippen LogP contribution in [0.1, 0.15) is 28.0 Å². The largest absolute Gasteiger partial charge is 0.454 e. The highest BCUT2D eigenvalue weighted by molar-refractivity contribution is 6.04. The van der Waals surface area contributed by atoms with E-state index in [1.807, 2.05) is 0 Å². The van der Waals surface area contributed by atoms with Gasteiger partial charge in [-0.15, -0.1) is 0 Å². The number of benzene rings is 1. The summed E-state index contributed by atoms with van der Waals surface area (Å²) in [7, 11) is 0. The number of carbonyl (C=O) groups excluding carboxylic acids is 1. The first-order chi connectivity index (χ1) is 9.81. The lowest BCUT2D eigenvalue weighted by molar-refractivity contribution is 0.102. The zero-order valence-corrected chi connectivity index (χ0v) is 10.6. The molecule has 0 saturated carbocycles. The highest BCUT2D eigenvalue weighted by Gasteiger charge is 2.23. The number of amides is 1. The molecule has 1 N–H and O–H groups in total. The maximum Gasteiger partial charge on any atom is 0.258 e. The molecule has 0 atom stereocenters. The van der Waals surface area contributed by atoms with Crippen LogP contribution < -0.4 is 14.8 Å². The van der Waals surface area contributed by atoms with E-state index in [2.05, 4.69) is 10.5 Å². The molecule has 1 aliphatic carbocycles. The SMILES string of the molecule is O=C(Nc1onc2c1CCC2)c1ccc2c(c1)OCO2. The zero-order chi connectivity index (χ0) is 13.5. The van der Waals surface area contributed by atoms with Gasteiger partial charge in [-0.2, -0.15) is 0 Å². The fourth-order valence-electron chi connectivity index (χ4n) is 2.54. The molecule has 2 aliphatic rings. The van der Waals surface area contributed by atoms with Crippen LogP contribution in [0.2, 0.25) is 0 Å². The third kappa shape index (κ3) is 1.72. The normalized spacial score (nSPS) is 15.2. The van der Waals surface area contributed by atoms with Crippen molar-refractivity contribution in [3.8, 4) is 11.5 Å². The smallest absolute Gasteiger partial charge is 0.258 e. The van der Waals surface area contributed by atoms with Gasteiger partial charge in [-0.3, -0.25) is 10.1 Å². The summed E-state index contributed by atoms with van der Waals surface area (Å²) in [5.74, 6) is 1.46. The summed E-state index contributed by atoms with van der Waals surface area (Å²) >= 11 is 0. The molecule has 4 rings (SSSR count). The van der Waals surface area contributed by atoms with Crippen LogP contribution in [0.3, 0.4) is 0 Å². The number of nitrogens with one attached hydrogen (secondary N) is 1. The van der Waals surface area contributed by atoms with E-state index in [0.29, 0.717) is 22.9 Å². The molecule has 0 spiro atoms. The predicted molar refractivity (Wildman–Crippen MR) is 69.0 cm³/mol. The number of aromatic nitrogens is 1. The molecule has 2 heterocycles. The lowest BCUT2D eigenvalue weighted by Crippen LogP contribution is -2.12. The van der Waals surface area contributed by atoms with Gasteiger partial charge >= 0.3 is 0 Å². The lowest BCUT2D eigenvalue weighted by atomic mass is 10.2. The Kier molecular flexibility index (Phi) is 2.42. The van der Waals surface area contributed by atoms with E-state index in [1.54, 1.807) is 18.2 Å². The molecule has 0 radical (unpaired) electrons. The summed E-state index contributed by atoms with van der Waals surface area (Å²) in [4.78, 5) is 12.2. The summed E-state index contributed by atoms with van der Waals surface area (Å²) < 4.78 is 15.7. The third-order valence-electron chi connectivity index (χ3n) is 3.57. The number of rotatable bonds is 2. The number of ether oxygens (including phenoxy) is 2. The number of aryl methyl sites for hydroxylation is 1. The highest BCUT2D eigenvalue weighted by Crippen LogP contribution is 2.33. The van der Waals surface area contributed by atoms with Crippen molar-refractivity contribution in [1.29, 1.82) is 0 Å².